The third kappa shape index (κ3) is 5.01. The van der Waals surface area contributed by atoms with Gasteiger partial charge in [0.1, 0.15) is 5.65 Å². The molecule has 0 aliphatic carbocycles. The summed E-state index contributed by atoms with van der Waals surface area (Å²) < 4.78 is 27.8. The number of carbonyl (C=O) groups excluding carboxylic acids is 1. The minimum absolute atomic E-state index is 0.0737. The number of amides is 1. The summed E-state index contributed by atoms with van der Waals surface area (Å²) in [5.41, 5.74) is 3.43. The average Bonchev–Trinajstić information content (AvgIpc) is 3.05. The van der Waals surface area contributed by atoms with Gasteiger partial charge < -0.3 is 4.90 Å². The molecule has 32 heavy (non-hydrogen) atoms. The molecule has 0 bridgehead atoms. The van der Waals surface area contributed by atoms with Gasteiger partial charge in [-0.2, -0.15) is 0 Å². The molecule has 3 heterocycles. The second-order valence-corrected chi connectivity index (χ2v) is 10.4. The minimum atomic E-state index is -3.42. The summed E-state index contributed by atoms with van der Waals surface area (Å²) in [5, 5.41) is 1.02. The van der Waals surface area contributed by atoms with E-state index in [1.807, 2.05) is 15.4 Å². The van der Waals surface area contributed by atoms with Crippen LogP contribution in [0.1, 0.15) is 12.6 Å². The molecule has 8 nitrogen and oxygen atoms in total. The molecule has 170 valence electrons. The fraction of sp³-hybridized carbons (Fsp3) is 0.333. The summed E-state index contributed by atoms with van der Waals surface area (Å²) in [6, 6.07) is 8.71. The molecule has 1 N–H and O–H groups in total. The van der Waals surface area contributed by atoms with Gasteiger partial charge in [0.25, 0.3) is 0 Å². The first kappa shape index (κ1) is 22.8. The van der Waals surface area contributed by atoms with Gasteiger partial charge in [-0.25, -0.2) is 13.4 Å². The Hall–Kier alpha value is -2.33. The number of benzene rings is 1. The highest BCUT2D eigenvalue weighted by Gasteiger charge is 2.23. The maximum absolute atomic E-state index is 11.7. The van der Waals surface area contributed by atoms with Gasteiger partial charge in [0, 0.05) is 56.4 Å². The lowest BCUT2D eigenvalue weighted by atomic mass is 10.1. The molecule has 0 atom stereocenters. The van der Waals surface area contributed by atoms with E-state index in [9.17, 15) is 13.2 Å². The van der Waals surface area contributed by atoms with Crippen LogP contribution in [0.5, 0.6) is 0 Å². The lowest BCUT2D eigenvalue weighted by Gasteiger charge is -2.34. The number of anilines is 1. The Morgan fingerprint density at radius 3 is 2.47 bits per heavy atom. The second-order valence-electron chi connectivity index (χ2n) is 7.83. The van der Waals surface area contributed by atoms with E-state index in [0.717, 1.165) is 30.6 Å². The van der Waals surface area contributed by atoms with Crippen molar-refractivity contribution < 1.29 is 13.2 Å². The largest absolute Gasteiger partial charge is 0.340 e. The molecule has 3 aromatic rings. The number of piperazine rings is 1. The van der Waals surface area contributed by atoms with E-state index in [1.165, 1.54) is 0 Å². The standard InChI is InChI=1S/C21H23Cl2N5O3S/c1-14(29)27-9-7-26(8-10-27)13-19-21(17-5-3-15(22)11-18(17)23)24-20-6-4-16(12-28(19)20)25-32(2,30)31/h3-6,11-12,25H,7-10,13H2,1-2H3. The summed E-state index contributed by atoms with van der Waals surface area (Å²) in [6.07, 6.45) is 2.83. The van der Waals surface area contributed by atoms with Crippen molar-refractivity contribution in [3.63, 3.8) is 0 Å². The fourth-order valence-corrected chi connectivity index (χ4v) is 4.90. The van der Waals surface area contributed by atoms with Gasteiger partial charge in [-0.05, 0) is 30.3 Å². The normalized spacial score (nSPS) is 15.3. The van der Waals surface area contributed by atoms with Crippen LogP contribution < -0.4 is 4.72 Å². The Kier molecular flexibility index (Phi) is 6.35. The highest BCUT2D eigenvalue weighted by Crippen LogP contribution is 2.34. The van der Waals surface area contributed by atoms with Gasteiger partial charge in [0.05, 0.1) is 28.4 Å². The fourth-order valence-electron chi connectivity index (χ4n) is 3.85. The molecular weight excluding hydrogens is 473 g/mol. The van der Waals surface area contributed by atoms with Gasteiger partial charge in [-0.3, -0.25) is 18.8 Å². The average molecular weight is 496 g/mol. The van der Waals surface area contributed by atoms with Crippen LogP contribution in [0.25, 0.3) is 16.9 Å². The Bertz CT molecular complexity index is 1280. The predicted octanol–water partition coefficient (Wildman–Crippen LogP) is 3.34. The Morgan fingerprint density at radius 1 is 1.12 bits per heavy atom. The molecule has 1 aliphatic heterocycles. The van der Waals surface area contributed by atoms with Crippen LogP contribution in [-0.2, 0) is 21.4 Å². The van der Waals surface area contributed by atoms with E-state index in [-0.39, 0.29) is 5.91 Å². The van der Waals surface area contributed by atoms with Gasteiger partial charge >= 0.3 is 0 Å². The van der Waals surface area contributed by atoms with E-state index in [2.05, 4.69) is 9.62 Å². The monoisotopic (exact) mass is 495 g/mol. The summed E-state index contributed by atoms with van der Waals surface area (Å²) >= 11 is 12.6. The van der Waals surface area contributed by atoms with Crippen LogP contribution in [0.3, 0.4) is 0 Å². The first-order chi connectivity index (χ1) is 15.1. The second kappa shape index (κ2) is 8.90. The number of hydrogen-bond donors (Lipinski definition) is 1. The van der Waals surface area contributed by atoms with Gasteiger partial charge in [-0.1, -0.05) is 23.2 Å². The molecule has 1 aromatic carbocycles. The van der Waals surface area contributed by atoms with Gasteiger partial charge in [-0.15, -0.1) is 0 Å². The maximum Gasteiger partial charge on any atom is 0.229 e. The highest BCUT2D eigenvalue weighted by molar-refractivity contribution is 7.92. The van der Waals surface area contributed by atoms with Crippen LogP contribution in [0.2, 0.25) is 10.0 Å². The number of pyridine rings is 1. The van der Waals surface area contributed by atoms with E-state index >= 15 is 0 Å². The van der Waals surface area contributed by atoms with Crippen molar-refractivity contribution in [2.45, 2.75) is 13.5 Å². The molecule has 11 heteroatoms. The molecule has 0 unspecified atom stereocenters. The van der Waals surface area contributed by atoms with E-state index < -0.39 is 10.0 Å². The number of sulfonamides is 1. The highest BCUT2D eigenvalue weighted by atomic mass is 35.5. The quantitative estimate of drug-likeness (QED) is 0.586. The Labute approximate surface area is 196 Å². The van der Waals surface area contributed by atoms with Crippen LogP contribution in [-0.4, -0.2) is 65.9 Å². The van der Waals surface area contributed by atoms with Crippen molar-refractivity contribution in [3.05, 3.63) is 52.3 Å². The predicted molar refractivity (Wildman–Crippen MR) is 127 cm³/mol. The maximum atomic E-state index is 11.7. The molecule has 1 amide bonds. The number of aromatic nitrogens is 2. The van der Waals surface area contributed by atoms with E-state index in [0.29, 0.717) is 46.7 Å². The number of rotatable bonds is 5. The molecule has 4 rings (SSSR count). The zero-order valence-corrected chi connectivity index (χ0v) is 20.0. The number of halogens is 2. The van der Waals surface area contributed by atoms with Crippen molar-refractivity contribution in [1.29, 1.82) is 0 Å². The summed E-state index contributed by atoms with van der Waals surface area (Å²) in [6.45, 7) is 4.90. The van der Waals surface area contributed by atoms with Gasteiger partial charge in [0.2, 0.25) is 15.9 Å². The van der Waals surface area contributed by atoms with Crippen LogP contribution >= 0.6 is 23.2 Å². The summed E-state index contributed by atoms with van der Waals surface area (Å²) in [7, 11) is -3.42. The SMILES string of the molecule is CC(=O)N1CCN(Cc2c(-c3ccc(Cl)cc3Cl)nc3ccc(NS(C)(=O)=O)cn23)CC1. The van der Waals surface area contributed by atoms with Crippen molar-refractivity contribution in [1.82, 2.24) is 19.2 Å². The third-order valence-electron chi connectivity index (χ3n) is 5.40. The van der Waals surface area contributed by atoms with Crippen LogP contribution in [0.15, 0.2) is 36.5 Å². The number of nitrogens with zero attached hydrogens (tertiary/aromatic N) is 4. The molecule has 0 radical (unpaired) electrons. The topological polar surface area (TPSA) is 87.0 Å². The Morgan fingerprint density at radius 2 is 1.84 bits per heavy atom. The number of fused-ring (bicyclic) bond motifs is 1. The molecule has 0 saturated carbocycles. The van der Waals surface area contributed by atoms with Crippen LogP contribution in [0, 0.1) is 0 Å². The smallest absolute Gasteiger partial charge is 0.229 e. The molecule has 2 aromatic heterocycles. The molecule has 0 spiro atoms. The van der Waals surface area contributed by atoms with Crippen molar-refractivity contribution in [3.8, 4) is 11.3 Å². The van der Waals surface area contributed by atoms with E-state index in [1.54, 1.807) is 37.4 Å². The number of hydrogen-bond acceptors (Lipinski definition) is 5. The van der Waals surface area contributed by atoms with Crippen molar-refractivity contribution >= 4 is 50.5 Å². The molecule has 1 saturated heterocycles. The number of carbonyl (C=O) groups is 1. The molecular formula is C21H23Cl2N5O3S. The van der Waals surface area contributed by atoms with E-state index in [4.69, 9.17) is 28.2 Å². The first-order valence-electron chi connectivity index (χ1n) is 10.0. The lowest BCUT2D eigenvalue weighted by Crippen LogP contribution is -2.47. The zero-order chi connectivity index (χ0) is 23.0. The summed E-state index contributed by atoms with van der Waals surface area (Å²) in [5.74, 6) is 0.0737. The Balaban J connectivity index is 1.77. The summed E-state index contributed by atoms with van der Waals surface area (Å²) in [4.78, 5) is 20.5. The number of nitrogens with one attached hydrogen (secondary N) is 1. The number of imidazole rings is 1. The zero-order valence-electron chi connectivity index (χ0n) is 17.7. The minimum Gasteiger partial charge on any atom is -0.340 e. The lowest BCUT2D eigenvalue weighted by molar-refractivity contribution is -0.130. The van der Waals surface area contributed by atoms with Gasteiger partial charge in [0.15, 0.2) is 0 Å². The van der Waals surface area contributed by atoms with Crippen molar-refractivity contribution in [2.75, 3.05) is 37.2 Å². The van der Waals surface area contributed by atoms with Crippen LogP contribution in [0.4, 0.5) is 5.69 Å². The third-order valence-corrected chi connectivity index (χ3v) is 6.55. The van der Waals surface area contributed by atoms with Crippen molar-refractivity contribution in [2.24, 2.45) is 0 Å². The molecule has 1 fully saturated rings. The molecule has 1 aliphatic rings. The first-order valence-corrected chi connectivity index (χ1v) is 12.7.